The standard InChI is InChI=1S/C14H15F3O3S/c15-14(16,17)20-10-7-5-9(6-8-10)12(13(18)19)21-11-3-1-2-4-11/h5-8,11-12H,1-4H2,(H,18,19)/t12-/m0/s1. The summed E-state index contributed by atoms with van der Waals surface area (Å²) in [4.78, 5) is 11.4. The highest BCUT2D eigenvalue weighted by molar-refractivity contribution is 8.00. The van der Waals surface area contributed by atoms with E-state index >= 15 is 0 Å². The van der Waals surface area contributed by atoms with Crippen LogP contribution in [0.25, 0.3) is 0 Å². The minimum absolute atomic E-state index is 0.303. The van der Waals surface area contributed by atoms with Gasteiger partial charge in [-0.25, -0.2) is 0 Å². The molecule has 1 aliphatic carbocycles. The van der Waals surface area contributed by atoms with Gasteiger partial charge in [0.25, 0.3) is 0 Å². The molecule has 0 aliphatic heterocycles. The molecule has 2 rings (SSSR count). The summed E-state index contributed by atoms with van der Waals surface area (Å²) in [6.07, 6.45) is -0.565. The minimum atomic E-state index is -4.74. The number of hydrogen-bond donors (Lipinski definition) is 1. The number of ether oxygens (including phenoxy) is 1. The van der Waals surface area contributed by atoms with E-state index in [4.69, 9.17) is 0 Å². The number of carbonyl (C=O) groups is 1. The third kappa shape index (κ3) is 4.84. The molecule has 0 spiro atoms. The molecular formula is C14H15F3O3S. The molecule has 1 aliphatic rings. The van der Waals surface area contributed by atoms with Crippen molar-refractivity contribution in [2.45, 2.75) is 42.5 Å². The zero-order valence-electron chi connectivity index (χ0n) is 11.1. The molecule has 116 valence electrons. The van der Waals surface area contributed by atoms with E-state index in [0.717, 1.165) is 37.8 Å². The van der Waals surface area contributed by atoms with Gasteiger partial charge in [0.05, 0.1) is 0 Å². The summed E-state index contributed by atoms with van der Waals surface area (Å²) in [5.74, 6) is -1.32. The van der Waals surface area contributed by atoms with E-state index in [-0.39, 0.29) is 5.75 Å². The molecule has 0 radical (unpaired) electrons. The number of benzene rings is 1. The Labute approximate surface area is 124 Å². The Balaban J connectivity index is 2.07. The monoisotopic (exact) mass is 320 g/mol. The van der Waals surface area contributed by atoms with Crippen LogP contribution in [-0.4, -0.2) is 22.7 Å². The molecule has 0 saturated heterocycles. The number of hydrogen-bond acceptors (Lipinski definition) is 3. The molecule has 3 nitrogen and oxygen atoms in total. The summed E-state index contributed by atoms with van der Waals surface area (Å²) in [5.41, 5.74) is 0.480. The summed E-state index contributed by atoms with van der Waals surface area (Å²) in [5, 5.41) is 8.86. The molecule has 0 unspecified atom stereocenters. The van der Waals surface area contributed by atoms with Crippen LogP contribution in [0.3, 0.4) is 0 Å². The predicted molar refractivity (Wildman–Crippen MR) is 73.3 cm³/mol. The quantitative estimate of drug-likeness (QED) is 0.874. The van der Waals surface area contributed by atoms with Crippen molar-refractivity contribution in [1.82, 2.24) is 0 Å². The van der Waals surface area contributed by atoms with Crippen molar-refractivity contribution in [2.24, 2.45) is 0 Å². The van der Waals surface area contributed by atoms with E-state index in [1.807, 2.05) is 0 Å². The first-order valence-corrected chi connectivity index (χ1v) is 7.53. The van der Waals surface area contributed by atoms with Gasteiger partial charge in [0, 0.05) is 5.25 Å². The molecule has 1 atom stereocenters. The van der Waals surface area contributed by atoms with Crippen LogP contribution >= 0.6 is 11.8 Å². The first-order valence-electron chi connectivity index (χ1n) is 6.59. The maximum Gasteiger partial charge on any atom is 0.573 e. The highest BCUT2D eigenvalue weighted by Crippen LogP contribution is 2.40. The number of rotatable bonds is 5. The van der Waals surface area contributed by atoms with Crippen molar-refractivity contribution in [3.63, 3.8) is 0 Å². The molecule has 7 heteroatoms. The second kappa shape index (κ2) is 6.60. The minimum Gasteiger partial charge on any atom is -0.480 e. The Morgan fingerprint density at radius 1 is 1.24 bits per heavy atom. The van der Waals surface area contributed by atoms with Crippen molar-refractivity contribution in [2.75, 3.05) is 0 Å². The summed E-state index contributed by atoms with van der Waals surface area (Å²) in [6, 6.07) is 5.05. The van der Waals surface area contributed by atoms with Gasteiger partial charge in [-0.1, -0.05) is 25.0 Å². The Hall–Kier alpha value is -1.37. The molecule has 0 aromatic heterocycles. The fourth-order valence-corrected chi connectivity index (χ4v) is 3.76. The van der Waals surface area contributed by atoms with Crippen molar-refractivity contribution < 1.29 is 27.8 Å². The van der Waals surface area contributed by atoms with Crippen LogP contribution in [0, 0.1) is 0 Å². The van der Waals surface area contributed by atoms with Crippen molar-refractivity contribution in [1.29, 1.82) is 0 Å². The highest BCUT2D eigenvalue weighted by Gasteiger charge is 2.31. The average molecular weight is 320 g/mol. The van der Waals surface area contributed by atoms with E-state index in [2.05, 4.69) is 4.74 Å². The SMILES string of the molecule is O=C(O)[C@@H](SC1CCCC1)c1ccc(OC(F)(F)F)cc1. The largest absolute Gasteiger partial charge is 0.573 e. The van der Waals surface area contributed by atoms with Crippen LogP contribution in [0.1, 0.15) is 36.5 Å². The number of alkyl halides is 3. The normalized spacial score (nSPS) is 17.7. The lowest BCUT2D eigenvalue weighted by molar-refractivity contribution is -0.274. The number of carboxylic acids is 1. The first kappa shape index (κ1) is 16.0. The molecule has 1 fully saturated rings. The van der Waals surface area contributed by atoms with Gasteiger partial charge in [-0.05, 0) is 30.5 Å². The lowest BCUT2D eigenvalue weighted by Gasteiger charge is -2.17. The van der Waals surface area contributed by atoms with Crippen LogP contribution in [-0.2, 0) is 4.79 Å². The van der Waals surface area contributed by atoms with Gasteiger partial charge in [-0.15, -0.1) is 24.9 Å². The molecule has 1 aromatic carbocycles. The Bertz CT molecular complexity index is 481. The summed E-state index contributed by atoms with van der Waals surface area (Å²) in [6.45, 7) is 0. The molecule has 21 heavy (non-hydrogen) atoms. The molecule has 1 aromatic rings. The molecule has 0 heterocycles. The van der Waals surface area contributed by atoms with Crippen molar-refractivity contribution in [3.05, 3.63) is 29.8 Å². The number of thioether (sulfide) groups is 1. The smallest absolute Gasteiger partial charge is 0.480 e. The zero-order chi connectivity index (χ0) is 15.5. The molecule has 0 bridgehead atoms. The maximum absolute atomic E-state index is 12.1. The first-order chi connectivity index (χ1) is 9.85. The van der Waals surface area contributed by atoms with Crippen LogP contribution in [0.5, 0.6) is 5.75 Å². The highest BCUT2D eigenvalue weighted by atomic mass is 32.2. The second-order valence-corrected chi connectivity index (χ2v) is 6.29. The summed E-state index contributed by atoms with van der Waals surface area (Å²) in [7, 11) is 0. The summed E-state index contributed by atoms with van der Waals surface area (Å²) >= 11 is 1.37. The molecular weight excluding hydrogens is 305 g/mol. The van der Waals surface area contributed by atoms with E-state index < -0.39 is 17.6 Å². The van der Waals surface area contributed by atoms with Gasteiger partial charge >= 0.3 is 12.3 Å². The van der Waals surface area contributed by atoms with Crippen molar-refractivity contribution >= 4 is 17.7 Å². The van der Waals surface area contributed by atoms with E-state index in [1.54, 1.807) is 0 Å². The van der Waals surface area contributed by atoms with Crippen molar-refractivity contribution in [3.8, 4) is 5.75 Å². The number of aliphatic carboxylic acids is 1. The Kier molecular flexibility index (Phi) is 5.03. The number of halogens is 3. The van der Waals surface area contributed by atoms with Crippen LogP contribution in [0.15, 0.2) is 24.3 Å². The third-order valence-electron chi connectivity index (χ3n) is 3.27. The van der Waals surface area contributed by atoms with Gasteiger partial charge in [0.2, 0.25) is 0 Å². The summed E-state index contributed by atoms with van der Waals surface area (Å²) < 4.78 is 40.0. The van der Waals surface area contributed by atoms with E-state index in [1.165, 1.54) is 23.9 Å². The van der Waals surface area contributed by atoms with E-state index in [0.29, 0.717) is 10.8 Å². The second-order valence-electron chi connectivity index (χ2n) is 4.88. The lowest BCUT2D eigenvalue weighted by Crippen LogP contribution is -2.17. The zero-order valence-corrected chi connectivity index (χ0v) is 11.9. The average Bonchev–Trinajstić information content (AvgIpc) is 2.88. The van der Waals surface area contributed by atoms with Gasteiger partial charge in [-0.3, -0.25) is 4.79 Å². The molecule has 1 N–H and O–H groups in total. The maximum atomic E-state index is 12.1. The topological polar surface area (TPSA) is 46.5 Å². The third-order valence-corrected chi connectivity index (χ3v) is 4.87. The molecule has 0 amide bonds. The van der Waals surface area contributed by atoms with Gasteiger partial charge in [0.15, 0.2) is 0 Å². The fraction of sp³-hybridized carbons (Fsp3) is 0.500. The van der Waals surface area contributed by atoms with Crippen LogP contribution in [0.2, 0.25) is 0 Å². The Morgan fingerprint density at radius 3 is 2.29 bits per heavy atom. The lowest BCUT2D eigenvalue weighted by atomic mass is 10.1. The van der Waals surface area contributed by atoms with Gasteiger partial charge < -0.3 is 9.84 Å². The Morgan fingerprint density at radius 2 is 1.81 bits per heavy atom. The number of carboxylic acid groups (broad SMARTS) is 1. The van der Waals surface area contributed by atoms with Crippen LogP contribution < -0.4 is 4.74 Å². The van der Waals surface area contributed by atoms with Gasteiger partial charge in [0.1, 0.15) is 11.0 Å². The van der Waals surface area contributed by atoms with Crippen LogP contribution in [0.4, 0.5) is 13.2 Å². The van der Waals surface area contributed by atoms with Gasteiger partial charge in [-0.2, -0.15) is 0 Å². The fourth-order valence-electron chi connectivity index (χ4n) is 2.34. The van der Waals surface area contributed by atoms with E-state index in [9.17, 15) is 23.1 Å². The molecule has 1 saturated carbocycles. The predicted octanol–water partition coefficient (Wildman–Crippen LogP) is 4.39.